The molecule has 184 valence electrons. The fraction of sp³-hybridized carbons (Fsp3) is 0.240. The molecule has 2 N–H and O–H groups in total. The van der Waals surface area contributed by atoms with Crippen molar-refractivity contribution in [2.24, 2.45) is 0 Å². The Balaban J connectivity index is 1.41. The molecule has 11 heteroatoms. The second kappa shape index (κ2) is 8.66. The number of aryl methyl sites for hydroxylation is 2. The van der Waals surface area contributed by atoms with Gasteiger partial charge in [-0.05, 0) is 49.6 Å². The number of hydrogen-bond acceptors (Lipinski definition) is 6. The highest BCUT2D eigenvalue weighted by molar-refractivity contribution is 7.12. The zero-order valence-electron chi connectivity index (χ0n) is 19.2. The minimum Gasteiger partial charge on any atom is -0.342 e. The topological polar surface area (TPSA) is 101 Å². The van der Waals surface area contributed by atoms with E-state index in [1.165, 1.54) is 11.3 Å². The molecule has 1 aliphatic rings. The fourth-order valence-corrected chi connectivity index (χ4v) is 5.35. The van der Waals surface area contributed by atoms with Crippen molar-refractivity contribution in [3.8, 4) is 11.4 Å². The van der Waals surface area contributed by atoms with Gasteiger partial charge in [-0.25, -0.2) is 0 Å². The Kier molecular flexibility index (Phi) is 5.74. The van der Waals surface area contributed by atoms with Crippen molar-refractivity contribution >= 4 is 23.0 Å². The first-order chi connectivity index (χ1) is 17.1. The highest BCUT2D eigenvalue weighted by Crippen LogP contribution is 2.46. The summed E-state index contributed by atoms with van der Waals surface area (Å²) < 4.78 is 38.8. The molecule has 0 atom stereocenters. The molecule has 0 unspecified atom stereocenters. The van der Waals surface area contributed by atoms with Gasteiger partial charge in [0.15, 0.2) is 5.78 Å². The predicted octanol–water partition coefficient (Wildman–Crippen LogP) is 5.21. The number of carbonyl (C=O) groups excluding carboxylic acids is 2. The van der Waals surface area contributed by atoms with Crippen LogP contribution in [0, 0.1) is 13.8 Å². The van der Waals surface area contributed by atoms with Crippen LogP contribution in [0.1, 0.15) is 60.0 Å². The van der Waals surface area contributed by atoms with Gasteiger partial charge in [0.25, 0.3) is 5.91 Å². The minimum atomic E-state index is -4.50. The number of nitrogens with zero attached hydrogens (tertiary/aromatic N) is 3. The van der Waals surface area contributed by atoms with Crippen molar-refractivity contribution in [3.63, 3.8) is 0 Å². The Hall–Kier alpha value is -3.86. The number of alkyl halides is 3. The van der Waals surface area contributed by atoms with E-state index in [0.717, 1.165) is 48.2 Å². The van der Waals surface area contributed by atoms with E-state index in [0.29, 0.717) is 15.6 Å². The van der Waals surface area contributed by atoms with Crippen LogP contribution in [0.5, 0.6) is 0 Å². The number of hydrogen-bond donors (Lipinski definition) is 2. The van der Waals surface area contributed by atoms with Crippen molar-refractivity contribution in [3.05, 3.63) is 86.1 Å². The lowest BCUT2D eigenvalue weighted by molar-refractivity contribution is -0.137. The Morgan fingerprint density at radius 3 is 2.17 bits per heavy atom. The maximum absolute atomic E-state index is 13.5. The van der Waals surface area contributed by atoms with E-state index in [1.54, 1.807) is 13.8 Å². The maximum Gasteiger partial charge on any atom is 0.416 e. The second-order valence-electron chi connectivity index (χ2n) is 8.72. The van der Waals surface area contributed by atoms with Gasteiger partial charge >= 0.3 is 6.18 Å². The number of amides is 1. The van der Waals surface area contributed by atoms with Gasteiger partial charge in [0.1, 0.15) is 0 Å². The van der Waals surface area contributed by atoms with Gasteiger partial charge in [-0.15, -0.1) is 21.5 Å². The number of carbonyl (C=O) groups is 2. The molecule has 1 fully saturated rings. The third-order valence-corrected chi connectivity index (χ3v) is 7.35. The zero-order valence-corrected chi connectivity index (χ0v) is 20.0. The Morgan fingerprint density at radius 2 is 1.61 bits per heavy atom. The first-order valence-corrected chi connectivity index (χ1v) is 11.9. The summed E-state index contributed by atoms with van der Waals surface area (Å²) in [5, 5.41) is 17.0. The van der Waals surface area contributed by atoms with Crippen LogP contribution in [0.4, 0.5) is 13.2 Å². The maximum atomic E-state index is 13.5. The standard InChI is InChI=1S/C25H20F3N5O2S/c1-13-19(21(34)15-3-9-18(10-4-15)25(26,27)28)20(14(2)36-13)23(35)29-24(11-12-24)17-7-5-16(6-8-17)22-30-32-33-31-22/h3-10H,11-12H2,1-2H3,(H,29,35)(H,30,31,32,33). The largest absolute Gasteiger partial charge is 0.416 e. The average Bonchev–Trinajstić information content (AvgIpc) is 3.28. The summed E-state index contributed by atoms with van der Waals surface area (Å²) in [6.07, 6.45) is -3.01. The molecule has 0 radical (unpaired) electrons. The third kappa shape index (κ3) is 4.30. The van der Waals surface area contributed by atoms with Crippen molar-refractivity contribution < 1.29 is 22.8 Å². The molecule has 2 aromatic carbocycles. The normalized spacial score (nSPS) is 14.5. The van der Waals surface area contributed by atoms with E-state index in [-0.39, 0.29) is 22.6 Å². The van der Waals surface area contributed by atoms with E-state index >= 15 is 0 Å². The smallest absolute Gasteiger partial charge is 0.342 e. The zero-order chi connectivity index (χ0) is 25.7. The van der Waals surface area contributed by atoms with Gasteiger partial charge in [-0.1, -0.05) is 36.4 Å². The first kappa shape index (κ1) is 23.9. The van der Waals surface area contributed by atoms with Gasteiger partial charge < -0.3 is 5.32 Å². The Bertz CT molecular complexity index is 1440. The summed E-state index contributed by atoms with van der Waals surface area (Å²) in [6, 6.07) is 11.5. The van der Waals surface area contributed by atoms with Gasteiger partial charge in [-0.3, -0.25) is 9.59 Å². The quantitative estimate of drug-likeness (QED) is 0.346. The number of ketones is 1. The van der Waals surface area contributed by atoms with Crippen LogP contribution in [0.2, 0.25) is 0 Å². The number of aromatic nitrogens is 4. The molecule has 7 nitrogen and oxygen atoms in total. The van der Waals surface area contributed by atoms with Crippen molar-refractivity contribution in [2.75, 3.05) is 0 Å². The third-order valence-electron chi connectivity index (χ3n) is 6.33. The van der Waals surface area contributed by atoms with E-state index in [1.807, 2.05) is 24.3 Å². The summed E-state index contributed by atoms with van der Waals surface area (Å²) in [4.78, 5) is 28.1. The number of nitrogens with one attached hydrogen (secondary N) is 2. The number of benzene rings is 2. The van der Waals surface area contributed by atoms with Gasteiger partial charge in [0, 0.05) is 26.4 Å². The van der Waals surface area contributed by atoms with Crippen LogP contribution in [0.15, 0.2) is 48.5 Å². The molecule has 1 amide bonds. The molecule has 0 saturated heterocycles. The highest BCUT2D eigenvalue weighted by Gasteiger charge is 2.46. The molecule has 2 heterocycles. The summed E-state index contributed by atoms with van der Waals surface area (Å²) in [6.45, 7) is 3.49. The van der Waals surface area contributed by atoms with Crippen molar-refractivity contribution in [2.45, 2.75) is 38.4 Å². The predicted molar refractivity (Wildman–Crippen MR) is 127 cm³/mol. The summed E-state index contributed by atoms with van der Waals surface area (Å²) in [7, 11) is 0. The number of thiophene rings is 1. The summed E-state index contributed by atoms with van der Waals surface area (Å²) >= 11 is 1.31. The lowest BCUT2D eigenvalue weighted by Crippen LogP contribution is -2.35. The highest BCUT2D eigenvalue weighted by atomic mass is 32.1. The molecular formula is C25H20F3N5O2S. The van der Waals surface area contributed by atoms with Gasteiger partial charge in [0.05, 0.1) is 16.7 Å². The lowest BCUT2D eigenvalue weighted by Gasteiger charge is -2.19. The number of rotatable bonds is 6. The Labute approximate surface area is 207 Å². The van der Waals surface area contributed by atoms with Crippen LogP contribution < -0.4 is 5.32 Å². The number of tetrazole rings is 1. The van der Waals surface area contributed by atoms with E-state index in [2.05, 4.69) is 25.9 Å². The molecular weight excluding hydrogens is 491 g/mol. The number of H-pyrrole nitrogens is 1. The fourth-order valence-electron chi connectivity index (χ4n) is 4.30. The molecule has 1 aliphatic carbocycles. The molecule has 36 heavy (non-hydrogen) atoms. The Morgan fingerprint density at radius 1 is 0.972 bits per heavy atom. The molecule has 2 aromatic heterocycles. The van der Waals surface area contributed by atoms with Crippen LogP contribution in [0.3, 0.4) is 0 Å². The monoisotopic (exact) mass is 511 g/mol. The minimum absolute atomic E-state index is 0.0936. The molecule has 0 aliphatic heterocycles. The number of aromatic amines is 1. The van der Waals surface area contributed by atoms with Gasteiger partial charge in [0.2, 0.25) is 5.82 Å². The first-order valence-electron chi connectivity index (χ1n) is 11.1. The van der Waals surface area contributed by atoms with E-state index in [9.17, 15) is 22.8 Å². The summed E-state index contributed by atoms with van der Waals surface area (Å²) in [5.74, 6) is -0.400. The average molecular weight is 512 g/mol. The summed E-state index contributed by atoms with van der Waals surface area (Å²) in [5.41, 5.74) is 0.887. The van der Waals surface area contributed by atoms with Crippen LogP contribution in [-0.4, -0.2) is 32.3 Å². The van der Waals surface area contributed by atoms with Crippen molar-refractivity contribution in [1.29, 1.82) is 0 Å². The van der Waals surface area contributed by atoms with Crippen molar-refractivity contribution in [1.82, 2.24) is 25.9 Å². The lowest BCUT2D eigenvalue weighted by atomic mass is 9.96. The molecule has 1 saturated carbocycles. The van der Waals surface area contributed by atoms with E-state index in [4.69, 9.17) is 0 Å². The van der Waals surface area contributed by atoms with Gasteiger partial charge in [-0.2, -0.15) is 18.4 Å². The second-order valence-corrected chi connectivity index (χ2v) is 10.1. The SMILES string of the molecule is Cc1sc(C)c(C(=O)c2ccc(C(F)(F)F)cc2)c1C(=O)NC1(c2ccc(-c3nn[nH]n3)cc2)CC1. The molecule has 5 rings (SSSR count). The van der Waals surface area contributed by atoms with Crippen LogP contribution in [0.25, 0.3) is 11.4 Å². The van der Waals surface area contributed by atoms with Crippen LogP contribution >= 0.6 is 11.3 Å². The molecule has 0 spiro atoms. The molecule has 0 bridgehead atoms. The number of halogens is 3. The van der Waals surface area contributed by atoms with E-state index < -0.39 is 23.1 Å². The molecule has 4 aromatic rings. The van der Waals surface area contributed by atoms with Crippen LogP contribution in [-0.2, 0) is 11.7 Å².